The molecule has 8 nitrogen and oxygen atoms in total. The van der Waals surface area contributed by atoms with Gasteiger partial charge in [0.25, 0.3) is 0 Å². The van der Waals surface area contributed by atoms with Gasteiger partial charge in [0.15, 0.2) is 0 Å². The number of pyridine rings is 1. The maximum Gasteiger partial charge on any atom is 0.408 e. The van der Waals surface area contributed by atoms with Gasteiger partial charge in [0.05, 0.1) is 0 Å². The SMILES string of the molecule is C[C@H](OC(=O)NC(CCN(CCCCc1ccc2c(n1)NCCC2)C1CC1)C(=O)O)c1ccccc1. The van der Waals surface area contributed by atoms with Crippen molar-refractivity contribution < 1.29 is 19.4 Å². The summed E-state index contributed by atoms with van der Waals surface area (Å²) < 4.78 is 5.40. The van der Waals surface area contributed by atoms with E-state index in [9.17, 15) is 14.7 Å². The van der Waals surface area contributed by atoms with Crippen molar-refractivity contribution >= 4 is 17.9 Å². The molecule has 2 aliphatic rings. The van der Waals surface area contributed by atoms with Gasteiger partial charge in [-0.1, -0.05) is 36.4 Å². The van der Waals surface area contributed by atoms with E-state index >= 15 is 0 Å². The molecule has 2 atom stereocenters. The van der Waals surface area contributed by atoms with Crippen LogP contribution in [0.3, 0.4) is 0 Å². The van der Waals surface area contributed by atoms with Gasteiger partial charge in [0, 0.05) is 24.8 Å². The molecule has 1 aromatic carbocycles. The molecule has 2 aromatic rings. The molecule has 8 heteroatoms. The molecule has 0 saturated heterocycles. The Kier molecular flexibility index (Phi) is 9.17. The van der Waals surface area contributed by atoms with Crippen molar-refractivity contribution in [2.75, 3.05) is 25.0 Å². The Morgan fingerprint density at radius 1 is 1.17 bits per heavy atom. The Labute approximate surface area is 213 Å². The minimum atomic E-state index is -1.04. The molecule has 3 N–H and O–H groups in total. The second-order valence-corrected chi connectivity index (χ2v) is 9.85. The van der Waals surface area contributed by atoms with Crippen LogP contribution in [0.1, 0.15) is 68.4 Å². The number of rotatable bonds is 13. The van der Waals surface area contributed by atoms with Gasteiger partial charge in [-0.05, 0) is 82.0 Å². The van der Waals surface area contributed by atoms with E-state index in [4.69, 9.17) is 9.72 Å². The number of unbranched alkanes of at least 4 members (excludes halogenated alkanes) is 1. The molecule has 1 unspecified atom stereocenters. The molecule has 1 saturated carbocycles. The number of amides is 1. The van der Waals surface area contributed by atoms with Crippen LogP contribution in [0.5, 0.6) is 0 Å². The fourth-order valence-electron chi connectivity index (χ4n) is 4.73. The number of aliphatic carboxylic acids is 1. The fourth-order valence-corrected chi connectivity index (χ4v) is 4.73. The maximum atomic E-state index is 12.3. The number of carbonyl (C=O) groups excluding carboxylic acids is 1. The summed E-state index contributed by atoms with van der Waals surface area (Å²) in [6, 6.07) is 13.3. The highest BCUT2D eigenvalue weighted by Gasteiger charge is 2.30. The van der Waals surface area contributed by atoms with Gasteiger partial charge in [-0.3, -0.25) is 0 Å². The van der Waals surface area contributed by atoms with Gasteiger partial charge in [-0.2, -0.15) is 0 Å². The zero-order valence-corrected chi connectivity index (χ0v) is 21.1. The van der Waals surface area contributed by atoms with Crippen molar-refractivity contribution in [1.29, 1.82) is 0 Å². The predicted molar refractivity (Wildman–Crippen MR) is 139 cm³/mol. The molecule has 36 heavy (non-hydrogen) atoms. The molecule has 0 bridgehead atoms. The largest absolute Gasteiger partial charge is 0.480 e. The number of nitrogens with one attached hydrogen (secondary N) is 2. The Morgan fingerprint density at radius 3 is 2.72 bits per heavy atom. The number of fused-ring (bicyclic) bond motifs is 1. The number of anilines is 1. The van der Waals surface area contributed by atoms with E-state index in [1.807, 2.05) is 30.3 Å². The third kappa shape index (κ3) is 7.68. The summed E-state index contributed by atoms with van der Waals surface area (Å²) in [7, 11) is 0. The lowest BCUT2D eigenvalue weighted by Gasteiger charge is -2.24. The number of benzene rings is 1. The van der Waals surface area contributed by atoms with Crippen LogP contribution in [-0.2, 0) is 22.4 Å². The van der Waals surface area contributed by atoms with Gasteiger partial charge >= 0.3 is 12.1 Å². The van der Waals surface area contributed by atoms with Crippen molar-refractivity contribution in [3.05, 3.63) is 59.3 Å². The van der Waals surface area contributed by atoms with Crippen molar-refractivity contribution in [2.24, 2.45) is 0 Å². The predicted octanol–water partition coefficient (Wildman–Crippen LogP) is 4.56. The monoisotopic (exact) mass is 494 g/mol. The average Bonchev–Trinajstić information content (AvgIpc) is 3.73. The van der Waals surface area contributed by atoms with E-state index in [1.165, 1.54) is 5.56 Å². The summed E-state index contributed by atoms with van der Waals surface area (Å²) in [5, 5.41) is 15.6. The highest BCUT2D eigenvalue weighted by Crippen LogP contribution is 2.28. The van der Waals surface area contributed by atoms with Gasteiger partial charge < -0.3 is 25.4 Å². The average molecular weight is 495 g/mol. The highest BCUT2D eigenvalue weighted by atomic mass is 16.6. The summed E-state index contributed by atoms with van der Waals surface area (Å²) in [5.41, 5.74) is 3.30. The smallest absolute Gasteiger partial charge is 0.408 e. The third-order valence-corrected chi connectivity index (χ3v) is 6.99. The van der Waals surface area contributed by atoms with Gasteiger partial charge in [0.1, 0.15) is 18.0 Å². The zero-order chi connectivity index (χ0) is 25.3. The summed E-state index contributed by atoms with van der Waals surface area (Å²) in [6.45, 7) is 4.33. The van der Waals surface area contributed by atoms with Crippen molar-refractivity contribution in [3.8, 4) is 0 Å². The summed E-state index contributed by atoms with van der Waals surface area (Å²) in [4.78, 5) is 31.3. The van der Waals surface area contributed by atoms with Gasteiger partial charge in [0.2, 0.25) is 0 Å². The molecule has 4 rings (SSSR count). The van der Waals surface area contributed by atoms with E-state index in [1.54, 1.807) is 6.92 Å². The fraction of sp³-hybridized carbons (Fsp3) is 0.536. The number of carboxylic acid groups (broad SMARTS) is 1. The molecule has 1 amide bonds. The van der Waals surface area contributed by atoms with E-state index in [0.29, 0.717) is 19.0 Å². The van der Waals surface area contributed by atoms with E-state index < -0.39 is 24.2 Å². The van der Waals surface area contributed by atoms with Crippen LogP contribution in [0.25, 0.3) is 0 Å². The Balaban J connectivity index is 1.20. The van der Waals surface area contributed by atoms with Crippen LogP contribution in [0, 0.1) is 0 Å². The van der Waals surface area contributed by atoms with Crippen LogP contribution >= 0.6 is 0 Å². The number of alkyl carbamates (subject to hydrolysis) is 1. The first-order valence-electron chi connectivity index (χ1n) is 13.2. The second kappa shape index (κ2) is 12.7. The minimum Gasteiger partial charge on any atom is -0.480 e. The van der Waals surface area contributed by atoms with Crippen LogP contribution < -0.4 is 10.6 Å². The lowest BCUT2D eigenvalue weighted by molar-refractivity contribution is -0.139. The minimum absolute atomic E-state index is 0.346. The maximum absolute atomic E-state index is 12.3. The first kappa shape index (κ1) is 25.9. The van der Waals surface area contributed by atoms with Crippen LogP contribution in [0.15, 0.2) is 42.5 Å². The van der Waals surface area contributed by atoms with E-state index in [2.05, 4.69) is 27.7 Å². The number of carbonyl (C=O) groups is 2. The second-order valence-electron chi connectivity index (χ2n) is 9.85. The molecule has 0 spiro atoms. The summed E-state index contributed by atoms with van der Waals surface area (Å²) in [5.74, 6) is 0.00409. The molecule has 0 radical (unpaired) electrons. The Hall–Kier alpha value is -3.13. The molecule has 1 aliphatic carbocycles. The quantitative estimate of drug-likeness (QED) is 0.351. The number of hydrogen-bond donors (Lipinski definition) is 3. The van der Waals surface area contributed by atoms with Crippen molar-refractivity contribution in [3.63, 3.8) is 0 Å². The first-order valence-corrected chi connectivity index (χ1v) is 13.2. The molecule has 2 heterocycles. The number of nitrogens with zero attached hydrogens (tertiary/aromatic N) is 2. The van der Waals surface area contributed by atoms with Crippen LogP contribution in [0.2, 0.25) is 0 Å². The number of hydrogen-bond acceptors (Lipinski definition) is 6. The molecule has 194 valence electrons. The number of ether oxygens (including phenoxy) is 1. The third-order valence-electron chi connectivity index (χ3n) is 6.99. The standard InChI is InChI=1S/C28H38N4O4/c1-20(21-8-3-2-4-9-21)36-28(35)31-25(27(33)34)16-19-32(24-14-15-24)18-6-5-11-23-13-12-22-10-7-17-29-26(22)30-23/h2-4,8-9,12-13,20,24-25H,5-7,10-11,14-19H2,1H3,(H,29,30)(H,31,35)(H,33,34)/t20-,25?/m0/s1. The van der Waals surface area contributed by atoms with Crippen LogP contribution in [0.4, 0.5) is 10.6 Å². The summed E-state index contributed by atoms with van der Waals surface area (Å²) >= 11 is 0. The zero-order valence-electron chi connectivity index (χ0n) is 21.1. The highest BCUT2D eigenvalue weighted by molar-refractivity contribution is 5.79. The molecule has 1 aromatic heterocycles. The van der Waals surface area contributed by atoms with Gasteiger partial charge in [-0.15, -0.1) is 0 Å². The van der Waals surface area contributed by atoms with E-state index in [-0.39, 0.29) is 0 Å². The number of carboxylic acids is 1. The van der Waals surface area contributed by atoms with Crippen LogP contribution in [-0.4, -0.2) is 58.8 Å². The Bertz CT molecular complexity index is 1010. The van der Waals surface area contributed by atoms with Crippen molar-refractivity contribution in [2.45, 2.75) is 76.5 Å². The summed E-state index contributed by atoms with van der Waals surface area (Å²) in [6.07, 6.45) is 6.77. The number of aromatic nitrogens is 1. The number of aryl methyl sites for hydroxylation is 2. The lowest BCUT2D eigenvalue weighted by atomic mass is 10.1. The van der Waals surface area contributed by atoms with E-state index in [0.717, 1.165) is 75.1 Å². The molecule has 1 fully saturated rings. The Morgan fingerprint density at radius 2 is 1.97 bits per heavy atom. The van der Waals surface area contributed by atoms with Gasteiger partial charge in [-0.25, -0.2) is 14.6 Å². The first-order chi connectivity index (χ1) is 17.5. The topological polar surface area (TPSA) is 104 Å². The molecular formula is C28H38N4O4. The van der Waals surface area contributed by atoms with Crippen molar-refractivity contribution in [1.82, 2.24) is 15.2 Å². The normalized spacial score (nSPS) is 16.5. The molecule has 1 aliphatic heterocycles. The lowest BCUT2D eigenvalue weighted by Crippen LogP contribution is -2.44. The molecular weight excluding hydrogens is 456 g/mol.